The van der Waals surface area contributed by atoms with E-state index in [0.717, 1.165) is 0 Å². The Labute approximate surface area is 88.8 Å². The van der Waals surface area contributed by atoms with Gasteiger partial charge in [0.2, 0.25) is 0 Å². The van der Waals surface area contributed by atoms with E-state index >= 15 is 0 Å². The van der Waals surface area contributed by atoms with Crippen molar-refractivity contribution in [2.75, 3.05) is 21.3 Å². The van der Waals surface area contributed by atoms with E-state index in [4.69, 9.17) is 46.5 Å². The summed E-state index contributed by atoms with van der Waals surface area (Å²) in [5.74, 6) is -2.88. The maximum absolute atomic E-state index is 5.66. The molecule has 1 radical (unpaired) electrons. The molecule has 0 N–H and O–H groups in total. The van der Waals surface area contributed by atoms with Gasteiger partial charge in [0, 0.05) is 21.3 Å². The Morgan fingerprint density at radius 1 is 0.917 bits per heavy atom. The third-order valence-electron chi connectivity index (χ3n) is 1.19. The summed E-state index contributed by atoms with van der Waals surface area (Å²) in [6, 6.07) is 0. The van der Waals surface area contributed by atoms with E-state index in [0.29, 0.717) is 0 Å². The van der Waals surface area contributed by atoms with Crippen LogP contribution in [0.3, 0.4) is 0 Å². The van der Waals surface area contributed by atoms with Crippen molar-refractivity contribution in [2.45, 2.75) is 0 Å². The van der Waals surface area contributed by atoms with Crippen LogP contribution in [0.25, 0.3) is 0 Å². The predicted octanol–water partition coefficient (Wildman–Crippen LogP) is 1.22. The second-order valence-corrected chi connectivity index (χ2v) is 13.7. The van der Waals surface area contributed by atoms with Gasteiger partial charge in [0.25, 0.3) is 6.46 Å². The zero-order valence-corrected chi connectivity index (χ0v) is 11.2. The Morgan fingerprint density at radius 3 is 1.33 bits per heavy atom. The van der Waals surface area contributed by atoms with Crippen molar-refractivity contribution in [3.63, 3.8) is 0 Å². The lowest BCUT2D eigenvalue weighted by molar-refractivity contribution is 0.149. The summed E-state index contributed by atoms with van der Waals surface area (Å²) in [4.78, 5) is 0. The number of hydrogen-bond donors (Lipinski definition) is 0. The Morgan fingerprint density at radius 2 is 1.25 bits per heavy atom. The first-order valence-electron chi connectivity index (χ1n) is 2.98. The molecule has 0 atom stereocenters. The van der Waals surface area contributed by atoms with E-state index in [1.54, 1.807) is 0 Å². The van der Waals surface area contributed by atoms with E-state index in [1.165, 1.54) is 27.8 Å². The summed E-state index contributed by atoms with van der Waals surface area (Å²) in [7, 11) is 1.56. The van der Waals surface area contributed by atoms with Gasteiger partial charge in [-0.15, -0.1) is 33.2 Å². The quantitative estimate of drug-likeness (QED) is 0.553. The zero-order valence-electron chi connectivity index (χ0n) is 6.94. The Balaban J connectivity index is 4.30. The van der Waals surface area contributed by atoms with Gasteiger partial charge in [0.05, 0.1) is 0 Å². The molecule has 0 saturated heterocycles. The summed E-state index contributed by atoms with van der Waals surface area (Å²) in [5.41, 5.74) is 0. The third kappa shape index (κ3) is 4.48. The van der Waals surface area contributed by atoms with Crippen molar-refractivity contribution in [1.82, 2.24) is 0 Å². The van der Waals surface area contributed by atoms with Crippen LogP contribution in [-0.2, 0) is 13.3 Å². The summed E-state index contributed by atoms with van der Waals surface area (Å²) < 4.78 is 15.1. The van der Waals surface area contributed by atoms with Gasteiger partial charge in [-0.3, -0.25) is 0 Å². The van der Waals surface area contributed by atoms with Gasteiger partial charge in [-0.2, -0.15) is 0 Å². The van der Waals surface area contributed by atoms with Crippen LogP contribution in [-0.4, -0.2) is 42.3 Å². The Bertz CT molecular complexity index is 131. The molecule has 0 unspecified atom stereocenters. The SMILES string of the molecule is CO[Si]([B][Si](Cl)(Cl)Cl)(OC)OC. The largest absolute Gasteiger partial charge is 0.439 e. The first-order chi connectivity index (χ1) is 5.39. The lowest BCUT2D eigenvalue weighted by atomic mass is 10.7. The van der Waals surface area contributed by atoms with Gasteiger partial charge in [-0.1, -0.05) is 0 Å². The first kappa shape index (κ1) is 13.2. The minimum absolute atomic E-state index is 1.45. The predicted molar refractivity (Wildman–Crippen MR) is 55.8 cm³/mol. The van der Waals surface area contributed by atoms with Gasteiger partial charge in [-0.25, -0.2) is 0 Å². The van der Waals surface area contributed by atoms with Gasteiger partial charge >= 0.3 is 14.5 Å². The minimum Gasteiger partial charge on any atom is -0.383 e. The second-order valence-electron chi connectivity index (χ2n) is 1.90. The van der Waals surface area contributed by atoms with Crippen LogP contribution in [0, 0.1) is 0 Å². The molecular formula is C3H9BCl3O3Si2. The molecule has 0 aliphatic rings. The van der Waals surface area contributed by atoms with Crippen LogP contribution in [0.15, 0.2) is 0 Å². The molecule has 12 heavy (non-hydrogen) atoms. The zero-order chi connectivity index (χ0) is 9.83. The van der Waals surface area contributed by atoms with Gasteiger partial charge in [0.1, 0.15) is 0 Å². The van der Waals surface area contributed by atoms with Gasteiger partial charge in [-0.05, 0) is 0 Å². The summed E-state index contributed by atoms with van der Waals surface area (Å²) in [5, 5.41) is 0. The fourth-order valence-electron chi connectivity index (χ4n) is 0.627. The topological polar surface area (TPSA) is 27.7 Å². The fourth-order valence-corrected chi connectivity index (χ4v) is 7.75. The molecule has 0 fully saturated rings. The molecule has 0 rings (SSSR count). The van der Waals surface area contributed by atoms with Crippen LogP contribution in [0.5, 0.6) is 0 Å². The number of hydrogen-bond acceptors (Lipinski definition) is 3. The summed E-state index contributed by atoms with van der Waals surface area (Å²) in [6.07, 6.45) is 0. The fraction of sp³-hybridized carbons (Fsp3) is 1.00. The van der Waals surface area contributed by atoms with E-state index < -0.39 is 14.5 Å². The van der Waals surface area contributed by atoms with Crippen LogP contribution in [0.1, 0.15) is 0 Å². The maximum atomic E-state index is 5.66. The van der Waals surface area contributed by atoms with Crippen molar-refractivity contribution in [1.29, 1.82) is 0 Å². The van der Waals surface area contributed by atoms with Gasteiger partial charge < -0.3 is 13.3 Å². The molecule has 0 aromatic heterocycles. The van der Waals surface area contributed by atoms with E-state index in [1.807, 2.05) is 0 Å². The van der Waals surface area contributed by atoms with Crippen LogP contribution < -0.4 is 0 Å². The maximum Gasteiger partial charge on any atom is 0.439 e. The first-order valence-corrected chi connectivity index (χ1v) is 9.90. The molecule has 0 saturated carbocycles. The molecule has 0 aromatic carbocycles. The molecule has 0 heterocycles. The molecule has 0 aromatic rings. The summed E-state index contributed by atoms with van der Waals surface area (Å²) in [6.45, 7) is 1.45. The molecule has 9 heteroatoms. The Hall–Kier alpha value is 1.25. The lowest BCUT2D eigenvalue weighted by Gasteiger charge is -2.25. The van der Waals surface area contributed by atoms with Gasteiger partial charge in [0.15, 0.2) is 0 Å². The van der Waals surface area contributed by atoms with E-state index in [-0.39, 0.29) is 0 Å². The van der Waals surface area contributed by atoms with E-state index in [9.17, 15) is 0 Å². The number of rotatable bonds is 5. The van der Waals surface area contributed by atoms with Crippen LogP contribution in [0.2, 0.25) is 0 Å². The monoisotopic (exact) mass is 265 g/mol. The highest BCUT2D eigenvalue weighted by atomic mass is 35.8. The third-order valence-corrected chi connectivity index (χ3v) is 8.57. The average molecular weight is 266 g/mol. The van der Waals surface area contributed by atoms with Crippen molar-refractivity contribution >= 4 is 54.2 Å². The van der Waals surface area contributed by atoms with E-state index in [2.05, 4.69) is 0 Å². The highest BCUT2D eigenvalue weighted by Gasteiger charge is 2.48. The normalized spacial score (nSPS) is 13.2. The van der Waals surface area contributed by atoms with Crippen molar-refractivity contribution in [3.05, 3.63) is 0 Å². The van der Waals surface area contributed by atoms with Crippen LogP contribution in [0.4, 0.5) is 0 Å². The van der Waals surface area contributed by atoms with Crippen molar-refractivity contribution in [3.8, 4) is 0 Å². The molecule has 0 amide bonds. The molecule has 0 spiro atoms. The molecule has 0 aliphatic heterocycles. The Kier molecular flexibility index (Phi) is 5.75. The number of halogens is 3. The van der Waals surface area contributed by atoms with Crippen molar-refractivity contribution < 1.29 is 13.3 Å². The minimum atomic E-state index is -2.88. The molecule has 0 aliphatic carbocycles. The molecule has 0 bridgehead atoms. The lowest BCUT2D eigenvalue weighted by Crippen LogP contribution is -2.56. The average Bonchev–Trinajstić information content (AvgIpc) is 1.99. The van der Waals surface area contributed by atoms with Crippen LogP contribution >= 0.6 is 33.2 Å². The second kappa shape index (κ2) is 5.21. The highest BCUT2D eigenvalue weighted by molar-refractivity contribution is 7.89. The molecule has 3 nitrogen and oxygen atoms in total. The molecular weight excluding hydrogens is 257 g/mol. The molecule has 71 valence electrons. The van der Waals surface area contributed by atoms with Crippen molar-refractivity contribution in [2.24, 2.45) is 0 Å². The highest BCUT2D eigenvalue weighted by Crippen LogP contribution is 2.22. The summed E-state index contributed by atoms with van der Waals surface area (Å²) >= 11 is 17.0. The standard InChI is InChI=1S/C3H9BCl3O3Si2/c1-8-12(9-2,10-3)4-11(5,6)7/h1-3H3. The smallest absolute Gasteiger partial charge is 0.383 e.